The molecule has 114 valence electrons. The van der Waals surface area contributed by atoms with Crippen LogP contribution in [0.15, 0.2) is 61.2 Å². The van der Waals surface area contributed by atoms with Crippen LogP contribution in [0, 0.1) is 11.3 Å². The van der Waals surface area contributed by atoms with Crippen molar-refractivity contribution in [1.82, 2.24) is 9.55 Å². The molecule has 0 aliphatic carbocycles. The van der Waals surface area contributed by atoms with Crippen molar-refractivity contribution in [3.8, 4) is 6.07 Å². The van der Waals surface area contributed by atoms with Crippen LogP contribution < -0.4 is 5.32 Å². The predicted octanol–water partition coefficient (Wildman–Crippen LogP) is 4.07. The lowest BCUT2D eigenvalue weighted by Gasteiger charge is -2.10. The molecule has 0 unspecified atom stereocenters. The third-order valence-corrected chi connectivity index (χ3v) is 3.74. The van der Waals surface area contributed by atoms with Gasteiger partial charge in [-0.2, -0.15) is 5.26 Å². The summed E-state index contributed by atoms with van der Waals surface area (Å²) in [6, 6.07) is 15.8. The number of hydrogen-bond acceptors (Lipinski definition) is 3. The van der Waals surface area contributed by atoms with E-state index in [0.717, 1.165) is 17.8 Å². The summed E-state index contributed by atoms with van der Waals surface area (Å²) in [5, 5.41) is 13.0. The van der Waals surface area contributed by atoms with Gasteiger partial charge >= 0.3 is 0 Å². The fourth-order valence-electron chi connectivity index (χ4n) is 2.39. The van der Waals surface area contributed by atoms with E-state index in [4.69, 9.17) is 11.6 Å². The molecule has 0 aliphatic rings. The van der Waals surface area contributed by atoms with Crippen LogP contribution in [0.2, 0.25) is 5.02 Å². The smallest absolute Gasteiger partial charge is 0.101 e. The van der Waals surface area contributed by atoms with Gasteiger partial charge in [-0.3, -0.25) is 0 Å². The van der Waals surface area contributed by atoms with E-state index >= 15 is 0 Å². The van der Waals surface area contributed by atoms with E-state index in [-0.39, 0.29) is 0 Å². The van der Waals surface area contributed by atoms with E-state index in [1.165, 1.54) is 5.56 Å². The van der Waals surface area contributed by atoms with Crippen molar-refractivity contribution >= 4 is 17.3 Å². The van der Waals surface area contributed by atoms with Gasteiger partial charge in [-0.25, -0.2) is 4.98 Å². The number of rotatable bonds is 5. The Morgan fingerprint density at radius 2 is 2.04 bits per heavy atom. The third-order valence-electron chi connectivity index (χ3n) is 3.50. The van der Waals surface area contributed by atoms with E-state index in [9.17, 15) is 5.26 Å². The molecule has 0 bridgehead atoms. The van der Waals surface area contributed by atoms with E-state index in [2.05, 4.69) is 34.6 Å². The molecule has 0 fully saturated rings. The summed E-state index contributed by atoms with van der Waals surface area (Å²) >= 11 is 5.91. The van der Waals surface area contributed by atoms with Crippen molar-refractivity contribution in [2.75, 3.05) is 5.32 Å². The summed E-state index contributed by atoms with van der Waals surface area (Å²) in [6.45, 7) is 1.44. The number of imidazole rings is 1. The molecule has 1 heterocycles. The van der Waals surface area contributed by atoms with Crippen molar-refractivity contribution in [1.29, 1.82) is 5.26 Å². The molecule has 0 aliphatic heterocycles. The van der Waals surface area contributed by atoms with Gasteiger partial charge in [-0.15, -0.1) is 0 Å². The fraction of sp³-hybridized carbons (Fsp3) is 0.111. The zero-order valence-electron chi connectivity index (χ0n) is 12.4. The fourth-order valence-corrected chi connectivity index (χ4v) is 2.56. The molecule has 5 heteroatoms. The zero-order chi connectivity index (χ0) is 16.1. The first-order chi connectivity index (χ1) is 11.2. The Balaban J connectivity index is 1.70. The van der Waals surface area contributed by atoms with Crippen LogP contribution in [-0.2, 0) is 13.1 Å². The van der Waals surface area contributed by atoms with Gasteiger partial charge in [0.1, 0.15) is 6.07 Å². The summed E-state index contributed by atoms with van der Waals surface area (Å²) in [5.74, 6) is 0. The van der Waals surface area contributed by atoms with Crippen molar-refractivity contribution < 1.29 is 0 Å². The maximum atomic E-state index is 9.17. The van der Waals surface area contributed by atoms with Gasteiger partial charge < -0.3 is 9.88 Å². The minimum atomic E-state index is 0.548. The Kier molecular flexibility index (Phi) is 4.60. The second-order valence-electron chi connectivity index (χ2n) is 5.21. The third kappa shape index (κ3) is 3.91. The maximum absolute atomic E-state index is 9.17. The van der Waals surface area contributed by atoms with Crippen LogP contribution in [0.25, 0.3) is 0 Å². The van der Waals surface area contributed by atoms with Gasteiger partial charge in [0.25, 0.3) is 0 Å². The standard InChI is InChI=1S/C18H15ClN4/c19-17-4-5-18(16(9-17)10-20)22-11-14-2-1-3-15(8-14)12-23-7-6-21-13-23/h1-9,13,22H,11-12H2. The molecule has 0 atom stereocenters. The highest BCUT2D eigenvalue weighted by Gasteiger charge is 2.03. The molecule has 0 spiro atoms. The number of nitriles is 1. The van der Waals surface area contributed by atoms with Gasteiger partial charge in [0.05, 0.1) is 17.6 Å². The molecule has 0 saturated heterocycles. The Labute approximate surface area is 140 Å². The summed E-state index contributed by atoms with van der Waals surface area (Å²) in [6.07, 6.45) is 5.52. The lowest BCUT2D eigenvalue weighted by Crippen LogP contribution is -2.03. The minimum Gasteiger partial charge on any atom is -0.380 e. The van der Waals surface area contributed by atoms with Crippen LogP contribution in [0.5, 0.6) is 0 Å². The van der Waals surface area contributed by atoms with Crippen molar-refractivity contribution in [2.24, 2.45) is 0 Å². The molecule has 1 N–H and O–H groups in total. The Morgan fingerprint density at radius 1 is 1.17 bits per heavy atom. The number of aromatic nitrogens is 2. The second kappa shape index (κ2) is 6.99. The average molecular weight is 323 g/mol. The molecule has 0 saturated carbocycles. The molecule has 0 amide bonds. The number of nitrogens with one attached hydrogen (secondary N) is 1. The number of benzene rings is 2. The van der Waals surface area contributed by atoms with Crippen molar-refractivity contribution in [2.45, 2.75) is 13.1 Å². The van der Waals surface area contributed by atoms with Gasteiger partial charge in [0.2, 0.25) is 0 Å². The van der Waals surface area contributed by atoms with E-state index in [0.29, 0.717) is 17.1 Å². The van der Waals surface area contributed by atoms with E-state index in [1.54, 1.807) is 24.7 Å². The van der Waals surface area contributed by atoms with E-state index < -0.39 is 0 Å². The average Bonchev–Trinajstić information content (AvgIpc) is 3.07. The number of nitrogens with zero attached hydrogens (tertiary/aromatic N) is 3. The normalized spacial score (nSPS) is 10.3. The zero-order valence-corrected chi connectivity index (χ0v) is 13.2. The maximum Gasteiger partial charge on any atom is 0.101 e. The molecular formula is C18H15ClN4. The first kappa shape index (κ1) is 15.1. The quantitative estimate of drug-likeness (QED) is 0.770. The van der Waals surface area contributed by atoms with Gasteiger partial charge in [0.15, 0.2) is 0 Å². The van der Waals surface area contributed by atoms with Gasteiger partial charge in [-0.05, 0) is 29.3 Å². The van der Waals surface area contributed by atoms with Crippen LogP contribution in [0.1, 0.15) is 16.7 Å². The number of hydrogen-bond donors (Lipinski definition) is 1. The van der Waals surface area contributed by atoms with Gasteiger partial charge in [-0.1, -0.05) is 35.9 Å². The predicted molar refractivity (Wildman–Crippen MR) is 91.3 cm³/mol. The Morgan fingerprint density at radius 3 is 2.83 bits per heavy atom. The summed E-state index contributed by atoms with van der Waals surface area (Å²) in [4.78, 5) is 4.05. The minimum absolute atomic E-state index is 0.548. The van der Waals surface area contributed by atoms with Crippen molar-refractivity contribution in [3.63, 3.8) is 0 Å². The largest absolute Gasteiger partial charge is 0.380 e. The summed E-state index contributed by atoms with van der Waals surface area (Å²) in [5.41, 5.74) is 3.70. The highest BCUT2D eigenvalue weighted by atomic mass is 35.5. The molecule has 4 nitrogen and oxygen atoms in total. The first-order valence-electron chi connectivity index (χ1n) is 7.22. The van der Waals surface area contributed by atoms with Crippen LogP contribution in [0.4, 0.5) is 5.69 Å². The topological polar surface area (TPSA) is 53.6 Å². The van der Waals surface area contributed by atoms with Crippen LogP contribution >= 0.6 is 11.6 Å². The Bertz CT molecular complexity index is 834. The molecule has 2 aromatic carbocycles. The van der Waals surface area contributed by atoms with Gasteiger partial charge in [0, 0.05) is 30.5 Å². The number of halogens is 1. The monoisotopic (exact) mass is 322 g/mol. The summed E-state index contributed by atoms with van der Waals surface area (Å²) in [7, 11) is 0. The molecule has 23 heavy (non-hydrogen) atoms. The highest BCUT2D eigenvalue weighted by Crippen LogP contribution is 2.20. The number of anilines is 1. The molecule has 3 aromatic rings. The molecular weight excluding hydrogens is 308 g/mol. The molecule has 0 radical (unpaired) electrons. The molecule has 1 aromatic heterocycles. The highest BCUT2D eigenvalue weighted by molar-refractivity contribution is 6.30. The summed E-state index contributed by atoms with van der Waals surface area (Å²) < 4.78 is 2.03. The first-order valence-corrected chi connectivity index (χ1v) is 7.59. The van der Waals surface area contributed by atoms with E-state index in [1.807, 2.05) is 22.9 Å². The van der Waals surface area contributed by atoms with Crippen LogP contribution in [0.3, 0.4) is 0 Å². The second-order valence-corrected chi connectivity index (χ2v) is 5.65. The molecule has 3 rings (SSSR count). The van der Waals surface area contributed by atoms with Crippen LogP contribution in [-0.4, -0.2) is 9.55 Å². The Hall–Kier alpha value is -2.77. The lowest BCUT2D eigenvalue weighted by molar-refractivity contribution is 0.796. The van der Waals surface area contributed by atoms with Crippen molar-refractivity contribution in [3.05, 3.63) is 82.9 Å². The lowest BCUT2D eigenvalue weighted by atomic mass is 10.1. The SMILES string of the molecule is N#Cc1cc(Cl)ccc1NCc1cccc(Cn2ccnc2)c1.